The highest BCUT2D eigenvalue weighted by molar-refractivity contribution is 8.17. The summed E-state index contributed by atoms with van der Waals surface area (Å²) in [5.74, 6) is 1.06. The molecule has 0 aromatic heterocycles. The molecule has 0 bridgehead atoms. The minimum atomic E-state index is -0.481. The average molecular weight is 465 g/mol. The zero-order chi connectivity index (χ0) is 21.9. The molecule has 8 nitrogen and oxygen atoms in total. The van der Waals surface area contributed by atoms with Gasteiger partial charge in [-0.3, -0.25) is 14.4 Å². The predicted molar refractivity (Wildman–Crippen MR) is 118 cm³/mol. The molecular weight excluding hydrogens is 444 g/mol. The second kappa shape index (κ2) is 12.5. The molecule has 2 saturated heterocycles. The molecule has 1 N–H and O–H groups in total. The molecule has 2 fully saturated rings. The summed E-state index contributed by atoms with van der Waals surface area (Å²) < 4.78 is 0. The van der Waals surface area contributed by atoms with Crippen LogP contribution >= 0.6 is 35.3 Å². The molecule has 0 radical (unpaired) electrons. The van der Waals surface area contributed by atoms with E-state index in [0.29, 0.717) is 30.2 Å². The third-order valence-electron chi connectivity index (χ3n) is 3.97. The van der Waals surface area contributed by atoms with Gasteiger partial charge in [-0.05, 0) is 0 Å². The van der Waals surface area contributed by atoms with E-state index in [1.54, 1.807) is 12.1 Å². The number of amides is 2. The number of aliphatic hydroxyl groups is 1. The summed E-state index contributed by atoms with van der Waals surface area (Å²) in [5, 5.41) is 25.9. The van der Waals surface area contributed by atoms with Crippen LogP contribution in [0.15, 0.2) is 30.3 Å². The summed E-state index contributed by atoms with van der Waals surface area (Å²) in [4.78, 5) is 37.4. The SMILES string of the molecule is N#CCN1CC(O)CSC1=O.N#CCN1CC(SC(=O)c2ccccc2)CSC1=O. The van der Waals surface area contributed by atoms with Crippen molar-refractivity contribution in [3.05, 3.63) is 35.9 Å². The second-order valence-electron chi connectivity index (χ2n) is 6.28. The Morgan fingerprint density at radius 3 is 2.20 bits per heavy atom. The number of hydrogen-bond acceptors (Lipinski definition) is 9. The Hall–Kier alpha value is -2.18. The summed E-state index contributed by atoms with van der Waals surface area (Å²) in [6.07, 6.45) is -0.481. The molecule has 2 aliphatic heterocycles. The minimum absolute atomic E-state index is 0.0115. The number of nitrogens with zero attached hydrogens (tertiary/aromatic N) is 4. The number of β-amino-alcohol motifs (C(OH)–C–C–N with tert-alkyl or cyclic N) is 1. The maximum Gasteiger partial charge on any atom is 0.282 e. The first-order valence-corrected chi connectivity index (χ1v) is 11.8. The Bertz CT molecular complexity index is 840. The van der Waals surface area contributed by atoms with Crippen molar-refractivity contribution in [2.24, 2.45) is 0 Å². The number of carbonyl (C=O) groups is 3. The monoisotopic (exact) mass is 464 g/mol. The standard InChI is InChI=1S/C13H12N2O2S2.C6H8N2O2S/c14-6-7-15-8-11(9-18-13(15)17)19-12(16)10-4-2-1-3-5-10;7-1-2-8-3-5(9)4-11-6(8)10/h1-5,11H,7-9H2;5,9H,2-4H2. The molecule has 0 saturated carbocycles. The molecule has 1 aromatic rings. The van der Waals surface area contributed by atoms with Gasteiger partial charge in [0.1, 0.15) is 13.1 Å². The van der Waals surface area contributed by atoms with Crippen molar-refractivity contribution < 1.29 is 19.5 Å². The number of thioether (sulfide) groups is 3. The van der Waals surface area contributed by atoms with Gasteiger partial charge < -0.3 is 14.9 Å². The summed E-state index contributed by atoms with van der Waals surface area (Å²) in [6, 6.07) is 12.9. The lowest BCUT2D eigenvalue weighted by molar-refractivity contribution is 0.108. The van der Waals surface area contributed by atoms with Crippen LogP contribution in [0.1, 0.15) is 10.4 Å². The smallest absolute Gasteiger partial charge is 0.282 e. The molecule has 2 heterocycles. The first kappa shape index (κ1) is 24.1. The molecule has 2 amide bonds. The number of hydrogen-bond donors (Lipinski definition) is 1. The molecule has 3 rings (SSSR count). The van der Waals surface area contributed by atoms with Gasteiger partial charge in [-0.2, -0.15) is 10.5 Å². The van der Waals surface area contributed by atoms with Crippen molar-refractivity contribution >= 4 is 50.9 Å². The van der Waals surface area contributed by atoms with Crippen molar-refractivity contribution in [2.75, 3.05) is 37.7 Å². The van der Waals surface area contributed by atoms with Crippen LogP contribution in [-0.4, -0.2) is 79.5 Å². The quantitative estimate of drug-likeness (QED) is 0.669. The lowest BCUT2D eigenvalue weighted by atomic mass is 10.2. The Kier molecular flexibility index (Phi) is 10.0. The van der Waals surface area contributed by atoms with Crippen LogP contribution in [0.2, 0.25) is 0 Å². The van der Waals surface area contributed by atoms with Gasteiger partial charge in [-0.1, -0.05) is 65.6 Å². The highest BCUT2D eigenvalue weighted by Gasteiger charge is 2.28. The number of rotatable bonds is 4. The molecule has 11 heteroatoms. The molecule has 1 aromatic carbocycles. The van der Waals surface area contributed by atoms with E-state index in [9.17, 15) is 14.4 Å². The third-order valence-corrected chi connectivity index (χ3v) is 7.41. The molecular formula is C19H20N4O4S3. The van der Waals surface area contributed by atoms with Crippen LogP contribution in [0.25, 0.3) is 0 Å². The van der Waals surface area contributed by atoms with Gasteiger partial charge >= 0.3 is 0 Å². The first-order chi connectivity index (χ1) is 14.4. The van der Waals surface area contributed by atoms with Gasteiger partial charge in [-0.25, -0.2) is 0 Å². The van der Waals surface area contributed by atoms with Crippen molar-refractivity contribution in [3.8, 4) is 12.1 Å². The fourth-order valence-electron chi connectivity index (χ4n) is 2.56. The Labute approximate surface area is 187 Å². The van der Waals surface area contributed by atoms with E-state index in [1.807, 2.05) is 30.3 Å². The van der Waals surface area contributed by atoms with Crippen molar-refractivity contribution in [1.29, 1.82) is 10.5 Å². The highest BCUT2D eigenvalue weighted by atomic mass is 32.2. The maximum atomic E-state index is 12.0. The zero-order valence-corrected chi connectivity index (χ0v) is 18.4. The summed E-state index contributed by atoms with van der Waals surface area (Å²) in [6.45, 7) is 0.910. The van der Waals surface area contributed by atoms with Crippen LogP contribution in [-0.2, 0) is 0 Å². The fourth-order valence-corrected chi connectivity index (χ4v) is 5.39. The molecule has 0 spiro atoms. The lowest BCUT2D eigenvalue weighted by Gasteiger charge is -2.29. The molecule has 158 valence electrons. The molecule has 30 heavy (non-hydrogen) atoms. The number of carbonyl (C=O) groups excluding carboxylic acids is 3. The number of nitriles is 2. The van der Waals surface area contributed by atoms with Crippen molar-refractivity contribution in [1.82, 2.24) is 9.80 Å². The van der Waals surface area contributed by atoms with E-state index in [1.165, 1.54) is 33.3 Å². The largest absolute Gasteiger partial charge is 0.390 e. The van der Waals surface area contributed by atoms with E-state index < -0.39 is 6.10 Å². The van der Waals surface area contributed by atoms with Gasteiger partial charge in [0.25, 0.3) is 10.5 Å². The van der Waals surface area contributed by atoms with Crippen LogP contribution in [0.5, 0.6) is 0 Å². The summed E-state index contributed by atoms with van der Waals surface area (Å²) in [5.41, 5.74) is 0.668. The fraction of sp³-hybridized carbons (Fsp3) is 0.421. The first-order valence-electron chi connectivity index (χ1n) is 8.96. The van der Waals surface area contributed by atoms with Crippen LogP contribution in [0.4, 0.5) is 9.59 Å². The van der Waals surface area contributed by atoms with Gasteiger partial charge in [0.05, 0.1) is 18.2 Å². The predicted octanol–water partition coefficient (Wildman–Crippen LogP) is 2.66. The lowest BCUT2D eigenvalue weighted by Crippen LogP contribution is -2.41. The Morgan fingerprint density at radius 2 is 1.60 bits per heavy atom. The van der Waals surface area contributed by atoms with Crippen LogP contribution < -0.4 is 0 Å². The third kappa shape index (κ3) is 7.58. The van der Waals surface area contributed by atoms with Crippen LogP contribution in [0.3, 0.4) is 0 Å². The number of benzene rings is 1. The normalized spacial score (nSPS) is 21.2. The Morgan fingerprint density at radius 1 is 1.03 bits per heavy atom. The van der Waals surface area contributed by atoms with Gasteiger partial charge in [0, 0.05) is 35.4 Å². The van der Waals surface area contributed by atoms with Crippen LogP contribution in [0, 0.1) is 22.7 Å². The highest BCUT2D eigenvalue weighted by Crippen LogP contribution is 2.27. The van der Waals surface area contributed by atoms with Crippen molar-refractivity contribution in [3.63, 3.8) is 0 Å². The Balaban J connectivity index is 0.000000248. The van der Waals surface area contributed by atoms with Gasteiger partial charge in [-0.15, -0.1) is 0 Å². The van der Waals surface area contributed by atoms with E-state index in [2.05, 4.69) is 0 Å². The number of aliphatic hydroxyl groups excluding tert-OH is 1. The maximum absolute atomic E-state index is 12.0. The summed E-state index contributed by atoms with van der Waals surface area (Å²) >= 11 is 3.48. The molecule has 2 aliphatic rings. The van der Waals surface area contributed by atoms with Gasteiger partial charge in [0.15, 0.2) is 0 Å². The van der Waals surface area contributed by atoms with E-state index in [4.69, 9.17) is 15.6 Å². The molecule has 2 atom stereocenters. The van der Waals surface area contributed by atoms with Gasteiger partial charge in [0.2, 0.25) is 5.12 Å². The van der Waals surface area contributed by atoms with Crippen molar-refractivity contribution in [2.45, 2.75) is 11.4 Å². The average Bonchev–Trinajstić information content (AvgIpc) is 2.75. The molecule has 0 aliphatic carbocycles. The van der Waals surface area contributed by atoms with E-state index in [-0.39, 0.29) is 33.9 Å². The second-order valence-corrected chi connectivity index (χ2v) is 9.49. The topological polar surface area (TPSA) is 126 Å². The molecule has 2 unspecified atom stereocenters. The van der Waals surface area contributed by atoms with E-state index >= 15 is 0 Å². The zero-order valence-electron chi connectivity index (χ0n) is 16.0. The summed E-state index contributed by atoms with van der Waals surface area (Å²) in [7, 11) is 0. The minimum Gasteiger partial charge on any atom is -0.390 e. The van der Waals surface area contributed by atoms with E-state index in [0.717, 1.165) is 11.8 Å².